The van der Waals surface area contributed by atoms with Crippen LogP contribution >= 0.6 is 12.6 Å². The molecule has 1 N–H and O–H groups in total. The van der Waals surface area contributed by atoms with Crippen molar-refractivity contribution in [2.45, 2.75) is 13.5 Å². The summed E-state index contributed by atoms with van der Waals surface area (Å²) in [4.78, 5) is 30.1. The van der Waals surface area contributed by atoms with Crippen molar-refractivity contribution in [3.8, 4) is 23.7 Å². The van der Waals surface area contributed by atoms with Crippen LogP contribution in [-0.4, -0.2) is 24.9 Å². The normalized spacial score (nSPS) is 9.75. The van der Waals surface area contributed by atoms with Gasteiger partial charge in [0.05, 0.1) is 12.3 Å². The number of nitrogens with one attached hydrogen (secondary N) is 1. The van der Waals surface area contributed by atoms with Crippen LogP contribution in [-0.2, 0) is 13.6 Å². The summed E-state index contributed by atoms with van der Waals surface area (Å²) >= 11 is 4.01. The van der Waals surface area contributed by atoms with E-state index in [1.807, 2.05) is 0 Å². The van der Waals surface area contributed by atoms with Gasteiger partial charge in [0.2, 0.25) is 0 Å². The van der Waals surface area contributed by atoms with E-state index >= 15 is 0 Å². The number of hydrogen-bond donors (Lipinski definition) is 2. The first-order chi connectivity index (χ1) is 9.60. The summed E-state index contributed by atoms with van der Waals surface area (Å²) in [7, 11) is 1.54. The van der Waals surface area contributed by atoms with Gasteiger partial charge in [-0.25, -0.2) is 9.78 Å². The lowest BCUT2D eigenvalue weighted by Crippen LogP contribution is -2.29. The van der Waals surface area contributed by atoms with Crippen LogP contribution in [0.15, 0.2) is 9.59 Å². The second kappa shape index (κ2) is 5.72. The average molecular weight is 288 g/mol. The third-order valence-corrected chi connectivity index (χ3v) is 2.86. The van der Waals surface area contributed by atoms with E-state index in [-0.39, 0.29) is 6.54 Å². The van der Waals surface area contributed by atoms with E-state index in [1.165, 1.54) is 4.57 Å². The summed E-state index contributed by atoms with van der Waals surface area (Å²) in [5.74, 6) is 12.0. The first-order valence-corrected chi connectivity index (χ1v) is 6.42. The molecule has 2 aromatic rings. The molecule has 0 aliphatic carbocycles. The van der Waals surface area contributed by atoms with Gasteiger partial charge in [-0.05, 0) is 12.8 Å². The Labute approximate surface area is 120 Å². The molecular weight excluding hydrogens is 276 g/mol. The Hall–Kier alpha value is -2.38. The zero-order valence-electron chi connectivity index (χ0n) is 11.0. The number of imidazole rings is 1. The molecule has 2 aromatic heterocycles. The molecule has 0 amide bonds. The summed E-state index contributed by atoms with van der Waals surface area (Å²) < 4.78 is 2.87. The summed E-state index contributed by atoms with van der Waals surface area (Å²) in [6, 6.07) is 0. The maximum absolute atomic E-state index is 12.0. The summed E-state index contributed by atoms with van der Waals surface area (Å²) in [6.45, 7) is 1.99. The van der Waals surface area contributed by atoms with Crippen molar-refractivity contribution in [2.75, 3.05) is 5.75 Å². The third kappa shape index (κ3) is 2.36. The summed E-state index contributed by atoms with van der Waals surface area (Å²) in [5.41, 5.74) is -0.423. The minimum Gasteiger partial charge on any atom is -0.300 e. The molecule has 0 bridgehead atoms. The molecule has 102 valence electrons. The number of aryl methyl sites for hydroxylation is 1. The summed E-state index contributed by atoms with van der Waals surface area (Å²) in [5, 5.41) is 0. The molecular formula is C13H12N4O2S. The maximum Gasteiger partial charge on any atom is 0.329 e. The van der Waals surface area contributed by atoms with Crippen molar-refractivity contribution < 1.29 is 0 Å². The van der Waals surface area contributed by atoms with E-state index in [0.717, 1.165) is 0 Å². The standard InChI is InChI=1S/C13H12N4O2S/c1-3-4-7-17-9(6-5-8-20)14-11-10(17)12(18)15-13(19)16(11)2/h20H,7-8H2,1-2H3,(H,15,18,19). The Kier molecular flexibility index (Phi) is 4.02. The molecule has 2 rings (SSSR count). The van der Waals surface area contributed by atoms with Crippen LogP contribution in [0.1, 0.15) is 12.7 Å². The van der Waals surface area contributed by atoms with Crippen LogP contribution in [0.4, 0.5) is 0 Å². The minimum absolute atomic E-state index is 0.283. The summed E-state index contributed by atoms with van der Waals surface area (Å²) in [6.07, 6.45) is 0. The number of H-pyrrole nitrogens is 1. The molecule has 0 fully saturated rings. The highest BCUT2D eigenvalue weighted by Gasteiger charge is 2.15. The van der Waals surface area contributed by atoms with Crippen molar-refractivity contribution in [3.05, 3.63) is 26.7 Å². The van der Waals surface area contributed by atoms with Crippen molar-refractivity contribution in [1.29, 1.82) is 0 Å². The molecule has 0 saturated carbocycles. The van der Waals surface area contributed by atoms with Gasteiger partial charge in [-0.1, -0.05) is 11.8 Å². The monoisotopic (exact) mass is 288 g/mol. The molecule has 0 unspecified atom stereocenters. The SMILES string of the molecule is CC#CCn1c(C#CCS)nc2c1c(=O)[nH]c(=O)n2C. The number of hydrogen-bond acceptors (Lipinski definition) is 4. The lowest BCUT2D eigenvalue weighted by Gasteiger charge is -2.00. The van der Waals surface area contributed by atoms with Crippen molar-refractivity contribution in [1.82, 2.24) is 19.1 Å². The van der Waals surface area contributed by atoms with Gasteiger partial charge in [-0.2, -0.15) is 12.6 Å². The first-order valence-electron chi connectivity index (χ1n) is 5.79. The van der Waals surface area contributed by atoms with Gasteiger partial charge in [-0.3, -0.25) is 18.9 Å². The molecule has 7 heteroatoms. The van der Waals surface area contributed by atoms with Crippen LogP contribution in [0.2, 0.25) is 0 Å². The molecule has 0 aliphatic heterocycles. The second-order valence-electron chi connectivity index (χ2n) is 3.90. The lowest BCUT2D eigenvalue weighted by molar-refractivity contribution is 0.821. The zero-order valence-corrected chi connectivity index (χ0v) is 11.9. The van der Waals surface area contributed by atoms with Crippen LogP contribution < -0.4 is 11.2 Å². The number of fused-ring (bicyclic) bond motifs is 1. The molecule has 0 radical (unpaired) electrons. The molecule has 0 aliphatic rings. The van der Waals surface area contributed by atoms with E-state index in [9.17, 15) is 9.59 Å². The predicted molar refractivity (Wildman–Crippen MR) is 79.8 cm³/mol. The smallest absolute Gasteiger partial charge is 0.300 e. The molecule has 6 nitrogen and oxygen atoms in total. The fourth-order valence-electron chi connectivity index (χ4n) is 1.76. The van der Waals surface area contributed by atoms with E-state index in [2.05, 4.69) is 46.3 Å². The van der Waals surface area contributed by atoms with Gasteiger partial charge >= 0.3 is 5.69 Å². The van der Waals surface area contributed by atoms with Crippen LogP contribution in [0, 0.1) is 23.7 Å². The second-order valence-corrected chi connectivity index (χ2v) is 4.21. The van der Waals surface area contributed by atoms with Gasteiger partial charge in [0, 0.05) is 7.05 Å². The van der Waals surface area contributed by atoms with Crippen molar-refractivity contribution in [2.24, 2.45) is 7.05 Å². The van der Waals surface area contributed by atoms with E-state index in [0.29, 0.717) is 22.7 Å². The Balaban J connectivity index is 2.88. The average Bonchev–Trinajstić information content (AvgIpc) is 2.79. The number of aromatic nitrogens is 4. The van der Waals surface area contributed by atoms with Crippen molar-refractivity contribution >= 4 is 23.8 Å². The van der Waals surface area contributed by atoms with Crippen LogP contribution in [0.25, 0.3) is 11.2 Å². The van der Waals surface area contributed by atoms with E-state index in [1.54, 1.807) is 18.5 Å². The van der Waals surface area contributed by atoms with Gasteiger partial charge in [-0.15, -0.1) is 5.92 Å². The van der Waals surface area contributed by atoms with Gasteiger partial charge in [0.25, 0.3) is 5.56 Å². The highest BCUT2D eigenvalue weighted by Crippen LogP contribution is 2.09. The molecule has 0 spiro atoms. The molecule has 20 heavy (non-hydrogen) atoms. The minimum atomic E-state index is -0.512. The lowest BCUT2D eigenvalue weighted by atomic mass is 10.4. The molecule has 0 atom stereocenters. The van der Waals surface area contributed by atoms with Gasteiger partial charge in [0.1, 0.15) is 0 Å². The Bertz CT molecular complexity index is 896. The number of aromatic amines is 1. The highest BCUT2D eigenvalue weighted by atomic mass is 32.1. The first kappa shape index (κ1) is 14.0. The Morgan fingerprint density at radius 2 is 2.10 bits per heavy atom. The van der Waals surface area contributed by atoms with Gasteiger partial charge in [0.15, 0.2) is 17.0 Å². The third-order valence-electron chi connectivity index (χ3n) is 2.70. The zero-order chi connectivity index (χ0) is 14.7. The van der Waals surface area contributed by atoms with E-state index < -0.39 is 11.2 Å². The molecule has 0 aromatic carbocycles. The molecule has 2 heterocycles. The quantitative estimate of drug-likeness (QED) is 0.560. The van der Waals surface area contributed by atoms with Crippen LogP contribution in [0.5, 0.6) is 0 Å². The van der Waals surface area contributed by atoms with Crippen molar-refractivity contribution in [3.63, 3.8) is 0 Å². The van der Waals surface area contributed by atoms with Crippen LogP contribution in [0.3, 0.4) is 0 Å². The Morgan fingerprint density at radius 1 is 1.35 bits per heavy atom. The fraction of sp³-hybridized carbons (Fsp3) is 0.308. The maximum atomic E-state index is 12.0. The number of rotatable bonds is 1. The highest BCUT2D eigenvalue weighted by molar-refractivity contribution is 7.80. The van der Waals surface area contributed by atoms with E-state index in [4.69, 9.17) is 0 Å². The number of thiol groups is 1. The predicted octanol–water partition coefficient (Wildman–Crippen LogP) is -0.272. The van der Waals surface area contributed by atoms with Gasteiger partial charge < -0.3 is 0 Å². The largest absolute Gasteiger partial charge is 0.329 e. The fourth-order valence-corrected chi connectivity index (χ4v) is 1.84. The number of nitrogens with zero attached hydrogens (tertiary/aromatic N) is 3. The molecule has 0 saturated heterocycles. The topological polar surface area (TPSA) is 72.7 Å². The Morgan fingerprint density at radius 3 is 2.75 bits per heavy atom.